The number of aliphatic carboxylic acids is 1. The summed E-state index contributed by atoms with van der Waals surface area (Å²) in [6, 6.07) is 6.71. The Morgan fingerprint density at radius 1 is 1.44 bits per heavy atom. The van der Waals surface area contributed by atoms with Crippen LogP contribution >= 0.6 is 0 Å². The van der Waals surface area contributed by atoms with Crippen LogP contribution < -0.4 is 4.74 Å². The van der Waals surface area contributed by atoms with Gasteiger partial charge in [-0.2, -0.15) is 0 Å². The third-order valence-electron chi connectivity index (χ3n) is 2.12. The van der Waals surface area contributed by atoms with Gasteiger partial charge in [0, 0.05) is 12.0 Å². The smallest absolute Gasteiger partial charge is 0.303 e. The molecule has 0 aromatic heterocycles. The first-order valence-corrected chi connectivity index (χ1v) is 5.05. The summed E-state index contributed by atoms with van der Waals surface area (Å²) in [5, 5.41) is 8.50. The molecule has 4 heteroatoms. The zero-order chi connectivity index (χ0) is 12.0. The third-order valence-corrected chi connectivity index (χ3v) is 2.12. The van der Waals surface area contributed by atoms with Crippen LogP contribution in [0.4, 0.5) is 0 Å². The topological polar surface area (TPSA) is 63.6 Å². The van der Waals surface area contributed by atoms with E-state index in [4.69, 9.17) is 9.84 Å². The summed E-state index contributed by atoms with van der Waals surface area (Å²) in [4.78, 5) is 20.8. The number of carbonyl (C=O) groups is 2. The molecule has 0 spiro atoms. The van der Waals surface area contributed by atoms with E-state index in [1.807, 2.05) is 6.92 Å². The molecule has 0 saturated carbocycles. The molecule has 0 radical (unpaired) electrons. The van der Waals surface area contributed by atoms with Crippen LogP contribution in [-0.2, 0) is 4.79 Å². The number of hydrogen-bond acceptors (Lipinski definition) is 3. The molecule has 1 aromatic rings. The van der Waals surface area contributed by atoms with Gasteiger partial charge in [-0.3, -0.25) is 9.59 Å². The average molecular weight is 222 g/mol. The number of carbonyl (C=O) groups excluding carboxylic acids is 1. The molecular formula is C12H14O4. The Kier molecular flexibility index (Phi) is 4.51. The Balaban J connectivity index is 2.46. The molecule has 1 atom stereocenters. The molecule has 1 N–H and O–H groups in total. The van der Waals surface area contributed by atoms with Gasteiger partial charge in [0.2, 0.25) is 0 Å². The van der Waals surface area contributed by atoms with E-state index >= 15 is 0 Å². The molecule has 1 unspecified atom stereocenters. The maximum atomic E-state index is 10.4. The van der Waals surface area contributed by atoms with Gasteiger partial charge < -0.3 is 9.84 Å². The van der Waals surface area contributed by atoms with Crippen molar-refractivity contribution in [1.82, 2.24) is 0 Å². The van der Waals surface area contributed by atoms with Crippen LogP contribution in [0.3, 0.4) is 0 Å². The minimum Gasteiger partial charge on any atom is -0.491 e. The lowest BCUT2D eigenvalue weighted by molar-refractivity contribution is -0.137. The van der Waals surface area contributed by atoms with Crippen LogP contribution in [0.25, 0.3) is 0 Å². The van der Waals surface area contributed by atoms with Crippen LogP contribution in [-0.4, -0.2) is 23.5 Å². The van der Waals surface area contributed by atoms with Gasteiger partial charge in [0.25, 0.3) is 0 Å². The van der Waals surface area contributed by atoms with Gasteiger partial charge in [0.15, 0.2) is 0 Å². The molecule has 1 rings (SSSR count). The largest absolute Gasteiger partial charge is 0.491 e. The predicted octanol–water partition coefficient (Wildman–Crippen LogP) is 2.13. The lowest BCUT2D eigenvalue weighted by Crippen LogP contribution is -2.13. The standard InChI is InChI=1S/C12H14O4/c1-9(2-7-12(14)15)16-11-5-3-10(8-13)4-6-11/h3-6,8-9H,2,7H2,1H3,(H,14,15). The summed E-state index contributed by atoms with van der Waals surface area (Å²) in [5.74, 6) is -0.185. The Bertz CT molecular complexity index is 356. The van der Waals surface area contributed by atoms with E-state index in [1.165, 1.54) is 0 Å². The van der Waals surface area contributed by atoms with Crippen LogP contribution in [0.5, 0.6) is 5.75 Å². The third kappa shape index (κ3) is 4.13. The number of ether oxygens (including phenoxy) is 1. The molecule has 0 bridgehead atoms. The Hall–Kier alpha value is -1.84. The quantitative estimate of drug-likeness (QED) is 0.749. The van der Waals surface area contributed by atoms with Crippen molar-refractivity contribution in [3.8, 4) is 5.75 Å². The zero-order valence-corrected chi connectivity index (χ0v) is 9.05. The van der Waals surface area contributed by atoms with E-state index in [9.17, 15) is 9.59 Å². The molecule has 0 aliphatic carbocycles. The summed E-state index contributed by atoms with van der Waals surface area (Å²) in [5.41, 5.74) is 0.588. The lowest BCUT2D eigenvalue weighted by atomic mass is 10.2. The highest BCUT2D eigenvalue weighted by molar-refractivity contribution is 5.74. The van der Waals surface area contributed by atoms with E-state index in [0.717, 1.165) is 6.29 Å². The summed E-state index contributed by atoms with van der Waals surface area (Å²) in [6.07, 6.45) is 1.16. The summed E-state index contributed by atoms with van der Waals surface area (Å²) in [6.45, 7) is 1.82. The SMILES string of the molecule is CC(CCC(=O)O)Oc1ccc(C=O)cc1. The van der Waals surface area contributed by atoms with Crippen molar-refractivity contribution in [3.63, 3.8) is 0 Å². The van der Waals surface area contributed by atoms with Crippen molar-refractivity contribution in [1.29, 1.82) is 0 Å². The number of carboxylic acids is 1. The molecule has 0 amide bonds. The summed E-state index contributed by atoms with van der Waals surface area (Å²) < 4.78 is 5.48. The van der Waals surface area contributed by atoms with E-state index in [0.29, 0.717) is 17.7 Å². The Morgan fingerprint density at radius 3 is 2.56 bits per heavy atom. The van der Waals surface area contributed by atoms with Gasteiger partial charge in [0.1, 0.15) is 12.0 Å². The van der Waals surface area contributed by atoms with Crippen molar-refractivity contribution in [2.45, 2.75) is 25.9 Å². The second-order valence-electron chi connectivity index (χ2n) is 3.55. The zero-order valence-electron chi connectivity index (χ0n) is 9.05. The fourth-order valence-electron chi connectivity index (χ4n) is 1.24. The predicted molar refractivity (Wildman–Crippen MR) is 58.8 cm³/mol. The normalized spacial score (nSPS) is 11.8. The number of carboxylic acid groups (broad SMARTS) is 1. The van der Waals surface area contributed by atoms with Crippen molar-refractivity contribution in [3.05, 3.63) is 29.8 Å². The number of hydrogen-bond donors (Lipinski definition) is 1. The van der Waals surface area contributed by atoms with E-state index in [-0.39, 0.29) is 12.5 Å². The van der Waals surface area contributed by atoms with Gasteiger partial charge in [-0.15, -0.1) is 0 Å². The molecule has 1 aromatic carbocycles. The number of benzene rings is 1. The Morgan fingerprint density at radius 2 is 2.06 bits per heavy atom. The maximum Gasteiger partial charge on any atom is 0.303 e. The highest BCUT2D eigenvalue weighted by atomic mass is 16.5. The van der Waals surface area contributed by atoms with Gasteiger partial charge in [-0.25, -0.2) is 0 Å². The van der Waals surface area contributed by atoms with Crippen LogP contribution in [0.1, 0.15) is 30.1 Å². The maximum absolute atomic E-state index is 10.4. The average Bonchev–Trinajstić information content (AvgIpc) is 2.27. The van der Waals surface area contributed by atoms with E-state index in [1.54, 1.807) is 24.3 Å². The first-order valence-electron chi connectivity index (χ1n) is 5.05. The lowest BCUT2D eigenvalue weighted by Gasteiger charge is -2.13. The monoisotopic (exact) mass is 222 g/mol. The number of aldehydes is 1. The van der Waals surface area contributed by atoms with Crippen LogP contribution in [0.15, 0.2) is 24.3 Å². The molecule has 0 fully saturated rings. The Labute approximate surface area is 93.9 Å². The molecule has 0 heterocycles. The second-order valence-corrected chi connectivity index (χ2v) is 3.55. The summed E-state index contributed by atoms with van der Waals surface area (Å²) >= 11 is 0. The summed E-state index contributed by atoms with van der Waals surface area (Å²) in [7, 11) is 0. The van der Waals surface area contributed by atoms with Gasteiger partial charge in [0.05, 0.1) is 6.10 Å². The molecule has 16 heavy (non-hydrogen) atoms. The van der Waals surface area contributed by atoms with Crippen molar-refractivity contribution in [2.75, 3.05) is 0 Å². The van der Waals surface area contributed by atoms with Gasteiger partial charge >= 0.3 is 5.97 Å². The van der Waals surface area contributed by atoms with Crippen molar-refractivity contribution >= 4 is 12.3 Å². The molecule has 0 aliphatic rings. The molecule has 0 saturated heterocycles. The minimum absolute atomic E-state index is 0.0909. The minimum atomic E-state index is -0.827. The molecule has 0 aliphatic heterocycles. The van der Waals surface area contributed by atoms with E-state index in [2.05, 4.69) is 0 Å². The van der Waals surface area contributed by atoms with Crippen LogP contribution in [0.2, 0.25) is 0 Å². The molecule has 4 nitrogen and oxygen atoms in total. The molecular weight excluding hydrogens is 208 g/mol. The highest BCUT2D eigenvalue weighted by Crippen LogP contribution is 2.14. The fourth-order valence-corrected chi connectivity index (χ4v) is 1.24. The van der Waals surface area contributed by atoms with Gasteiger partial charge in [-0.1, -0.05) is 0 Å². The molecule has 86 valence electrons. The number of rotatable bonds is 6. The fraction of sp³-hybridized carbons (Fsp3) is 0.333. The first kappa shape index (κ1) is 12.2. The van der Waals surface area contributed by atoms with Crippen LogP contribution in [0, 0.1) is 0 Å². The van der Waals surface area contributed by atoms with Crippen molar-refractivity contribution in [2.24, 2.45) is 0 Å². The van der Waals surface area contributed by atoms with Gasteiger partial charge in [-0.05, 0) is 37.6 Å². The van der Waals surface area contributed by atoms with E-state index < -0.39 is 5.97 Å². The second kappa shape index (κ2) is 5.90. The highest BCUT2D eigenvalue weighted by Gasteiger charge is 2.06. The van der Waals surface area contributed by atoms with Crippen molar-refractivity contribution < 1.29 is 19.4 Å². The first-order chi connectivity index (χ1) is 7.61.